The van der Waals surface area contributed by atoms with Crippen LogP contribution in [0.1, 0.15) is 49.0 Å². The summed E-state index contributed by atoms with van der Waals surface area (Å²) in [5, 5.41) is 0. The summed E-state index contributed by atoms with van der Waals surface area (Å²) in [6.07, 6.45) is 4.33. The Morgan fingerprint density at radius 2 is 2.00 bits per heavy atom. The molecule has 110 valence electrons. The number of Topliss-reactive ketones (excluding diaryl/α,β-unsaturated/α-hetero) is 1. The van der Waals surface area contributed by atoms with Gasteiger partial charge >= 0.3 is 0 Å². The van der Waals surface area contributed by atoms with Crippen molar-refractivity contribution in [2.45, 2.75) is 39.5 Å². The highest BCUT2D eigenvalue weighted by molar-refractivity contribution is 5.98. The summed E-state index contributed by atoms with van der Waals surface area (Å²) in [6, 6.07) is 5.86. The Balaban J connectivity index is 2.05. The lowest BCUT2D eigenvalue weighted by molar-refractivity contribution is 0.0945. The molecule has 1 saturated heterocycles. The fourth-order valence-corrected chi connectivity index (χ4v) is 2.62. The van der Waals surface area contributed by atoms with Crippen LogP contribution < -0.4 is 4.74 Å². The van der Waals surface area contributed by atoms with E-state index in [4.69, 9.17) is 4.74 Å². The molecule has 1 aliphatic rings. The van der Waals surface area contributed by atoms with Crippen molar-refractivity contribution in [1.82, 2.24) is 4.90 Å². The van der Waals surface area contributed by atoms with E-state index in [9.17, 15) is 4.79 Å². The van der Waals surface area contributed by atoms with Crippen molar-refractivity contribution < 1.29 is 9.53 Å². The smallest absolute Gasteiger partial charge is 0.176 e. The molecule has 1 fully saturated rings. The Morgan fingerprint density at radius 3 is 2.65 bits per heavy atom. The number of nitrogens with zero attached hydrogens (tertiary/aromatic N) is 1. The summed E-state index contributed by atoms with van der Waals surface area (Å²) < 4.78 is 5.72. The normalized spacial score (nSPS) is 15.5. The van der Waals surface area contributed by atoms with Gasteiger partial charge in [-0.05, 0) is 62.5 Å². The second kappa shape index (κ2) is 7.44. The van der Waals surface area contributed by atoms with Crippen LogP contribution >= 0.6 is 0 Å². The molecule has 0 saturated carbocycles. The average Bonchev–Trinajstić information content (AvgIpc) is 2.97. The standard InChI is InChI=1S/C17H25NO2/c1-3-11-20-17-8-7-15(12-14(17)4-2)16(19)13-18-9-5-6-10-18/h7-8,12H,3-6,9-11,13H2,1-2H3. The van der Waals surface area contributed by atoms with Crippen molar-refractivity contribution in [1.29, 1.82) is 0 Å². The topological polar surface area (TPSA) is 29.5 Å². The van der Waals surface area contributed by atoms with Crippen molar-refractivity contribution in [2.75, 3.05) is 26.2 Å². The summed E-state index contributed by atoms with van der Waals surface area (Å²) in [7, 11) is 0. The number of rotatable bonds is 7. The molecule has 0 unspecified atom stereocenters. The van der Waals surface area contributed by atoms with Gasteiger partial charge in [0.1, 0.15) is 5.75 Å². The van der Waals surface area contributed by atoms with E-state index in [1.807, 2.05) is 18.2 Å². The second-order valence-electron chi connectivity index (χ2n) is 5.43. The molecule has 0 spiro atoms. The molecule has 0 bridgehead atoms. The lowest BCUT2D eigenvalue weighted by Crippen LogP contribution is -2.26. The molecule has 0 aliphatic carbocycles. The van der Waals surface area contributed by atoms with E-state index in [0.717, 1.165) is 49.4 Å². The maximum Gasteiger partial charge on any atom is 0.176 e. The predicted molar refractivity (Wildman–Crippen MR) is 81.6 cm³/mol. The average molecular weight is 275 g/mol. The number of hydrogen-bond acceptors (Lipinski definition) is 3. The third-order valence-corrected chi connectivity index (χ3v) is 3.79. The molecule has 0 N–H and O–H groups in total. The zero-order chi connectivity index (χ0) is 14.4. The summed E-state index contributed by atoms with van der Waals surface area (Å²) in [5.74, 6) is 1.15. The number of ketones is 1. The van der Waals surface area contributed by atoms with Gasteiger partial charge in [-0.25, -0.2) is 0 Å². The van der Waals surface area contributed by atoms with Crippen LogP contribution in [0.4, 0.5) is 0 Å². The van der Waals surface area contributed by atoms with Gasteiger partial charge in [0.05, 0.1) is 13.2 Å². The van der Waals surface area contributed by atoms with Gasteiger partial charge in [0.25, 0.3) is 0 Å². The Bertz CT molecular complexity index is 450. The van der Waals surface area contributed by atoms with E-state index >= 15 is 0 Å². The number of carbonyl (C=O) groups is 1. The van der Waals surface area contributed by atoms with E-state index in [1.165, 1.54) is 12.8 Å². The van der Waals surface area contributed by atoms with Crippen molar-refractivity contribution in [3.63, 3.8) is 0 Å². The molecule has 2 rings (SSSR count). The number of likely N-dealkylation sites (tertiary alicyclic amines) is 1. The largest absolute Gasteiger partial charge is 0.493 e. The van der Waals surface area contributed by atoms with Gasteiger partial charge in [-0.3, -0.25) is 9.69 Å². The van der Waals surface area contributed by atoms with Crippen LogP contribution in [0.15, 0.2) is 18.2 Å². The molecule has 0 radical (unpaired) electrons. The first-order valence-corrected chi connectivity index (χ1v) is 7.75. The zero-order valence-corrected chi connectivity index (χ0v) is 12.7. The molecule has 0 aromatic heterocycles. The van der Waals surface area contributed by atoms with E-state index < -0.39 is 0 Å². The lowest BCUT2D eigenvalue weighted by Gasteiger charge is -2.15. The van der Waals surface area contributed by atoms with Crippen LogP contribution in [0.3, 0.4) is 0 Å². The maximum absolute atomic E-state index is 12.3. The zero-order valence-electron chi connectivity index (χ0n) is 12.7. The molecular formula is C17H25NO2. The summed E-state index contributed by atoms with van der Waals surface area (Å²) in [6.45, 7) is 7.60. The monoisotopic (exact) mass is 275 g/mol. The van der Waals surface area contributed by atoms with Crippen LogP contribution in [0.2, 0.25) is 0 Å². The Hall–Kier alpha value is -1.35. The van der Waals surface area contributed by atoms with Gasteiger partial charge in [0, 0.05) is 5.56 Å². The van der Waals surface area contributed by atoms with E-state index in [-0.39, 0.29) is 5.78 Å². The number of benzene rings is 1. The SMILES string of the molecule is CCCOc1ccc(C(=O)CN2CCCC2)cc1CC. The molecular weight excluding hydrogens is 250 g/mol. The van der Waals surface area contributed by atoms with Crippen molar-refractivity contribution in [2.24, 2.45) is 0 Å². The first-order valence-electron chi connectivity index (χ1n) is 7.75. The molecule has 0 atom stereocenters. The van der Waals surface area contributed by atoms with Gasteiger partial charge in [-0.15, -0.1) is 0 Å². The van der Waals surface area contributed by atoms with E-state index in [0.29, 0.717) is 6.54 Å². The van der Waals surface area contributed by atoms with Gasteiger partial charge in [-0.2, -0.15) is 0 Å². The fraction of sp³-hybridized carbons (Fsp3) is 0.588. The molecule has 20 heavy (non-hydrogen) atoms. The van der Waals surface area contributed by atoms with Crippen molar-refractivity contribution in [3.05, 3.63) is 29.3 Å². The summed E-state index contributed by atoms with van der Waals surface area (Å²) in [4.78, 5) is 14.6. The van der Waals surface area contributed by atoms with Gasteiger partial charge < -0.3 is 4.74 Å². The first kappa shape index (κ1) is 15.0. The highest BCUT2D eigenvalue weighted by Crippen LogP contribution is 2.22. The maximum atomic E-state index is 12.3. The molecule has 3 heteroatoms. The number of ether oxygens (including phenoxy) is 1. The van der Waals surface area contributed by atoms with Gasteiger partial charge in [0.15, 0.2) is 5.78 Å². The third kappa shape index (κ3) is 3.83. The van der Waals surface area contributed by atoms with Crippen molar-refractivity contribution in [3.8, 4) is 5.75 Å². The number of carbonyl (C=O) groups excluding carboxylic acids is 1. The quantitative estimate of drug-likeness (QED) is 0.715. The molecule has 3 nitrogen and oxygen atoms in total. The van der Waals surface area contributed by atoms with Gasteiger partial charge in [-0.1, -0.05) is 13.8 Å². The van der Waals surface area contributed by atoms with Crippen molar-refractivity contribution >= 4 is 5.78 Å². The Labute approximate surface area is 121 Å². The fourth-order valence-electron chi connectivity index (χ4n) is 2.62. The molecule has 1 aromatic carbocycles. The van der Waals surface area contributed by atoms with E-state index in [2.05, 4.69) is 18.7 Å². The predicted octanol–water partition coefficient (Wildman–Crippen LogP) is 3.32. The van der Waals surface area contributed by atoms with Gasteiger partial charge in [0.2, 0.25) is 0 Å². The Kier molecular flexibility index (Phi) is 5.60. The van der Waals surface area contributed by atoms with Crippen LogP contribution in [0, 0.1) is 0 Å². The highest BCUT2D eigenvalue weighted by atomic mass is 16.5. The molecule has 1 heterocycles. The van der Waals surface area contributed by atoms with Crippen LogP contribution in [-0.4, -0.2) is 36.9 Å². The minimum atomic E-state index is 0.226. The van der Waals surface area contributed by atoms with Crippen LogP contribution in [0.5, 0.6) is 5.75 Å². The highest BCUT2D eigenvalue weighted by Gasteiger charge is 2.17. The Morgan fingerprint density at radius 1 is 1.25 bits per heavy atom. The van der Waals surface area contributed by atoms with Crippen LogP contribution in [0.25, 0.3) is 0 Å². The molecule has 1 aromatic rings. The molecule has 1 aliphatic heterocycles. The number of hydrogen-bond donors (Lipinski definition) is 0. The molecule has 0 amide bonds. The van der Waals surface area contributed by atoms with E-state index in [1.54, 1.807) is 0 Å². The second-order valence-corrected chi connectivity index (χ2v) is 5.43. The third-order valence-electron chi connectivity index (χ3n) is 3.79. The van der Waals surface area contributed by atoms with Crippen LogP contribution in [-0.2, 0) is 6.42 Å². The summed E-state index contributed by atoms with van der Waals surface area (Å²) in [5.41, 5.74) is 1.95. The first-order chi connectivity index (χ1) is 9.74. The number of aryl methyl sites for hydroxylation is 1. The minimum Gasteiger partial charge on any atom is -0.493 e. The summed E-state index contributed by atoms with van der Waals surface area (Å²) >= 11 is 0. The minimum absolute atomic E-state index is 0.226. The lowest BCUT2D eigenvalue weighted by atomic mass is 10.0.